The lowest BCUT2D eigenvalue weighted by Crippen LogP contribution is -2.21. The Bertz CT molecular complexity index is 728. The maximum Gasteiger partial charge on any atom is 0.342 e. The highest BCUT2D eigenvalue weighted by atomic mass is 16.5. The number of methoxy groups -OCH3 is 2. The van der Waals surface area contributed by atoms with Crippen LogP contribution in [0.4, 0.5) is 0 Å². The van der Waals surface area contributed by atoms with E-state index >= 15 is 0 Å². The predicted octanol–water partition coefficient (Wildman–Crippen LogP) is 1.95. The van der Waals surface area contributed by atoms with Crippen molar-refractivity contribution in [2.45, 2.75) is 12.8 Å². The van der Waals surface area contributed by atoms with Gasteiger partial charge in [-0.05, 0) is 11.6 Å². The number of nitrogens with zero attached hydrogens (tertiary/aromatic N) is 3. The molecule has 0 N–H and O–H groups in total. The summed E-state index contributed by atoms with van der Waals surface area (Å²) in [6.45, 7) is 2.33. The first kappa shape index (κ1) is 15.0. The van der Waals surface area contributed by atoms with Crippen LogP contribution in [0, 0.1) is 0 Å². The van der Waals surface area contributed by atoms with Crippen LogP contribution in [0.25, 0.3) is 0 Å². The molecule has 8 heteroatoms. The second-order valence-electron chi connectivity index (χ2n) is 4.91. The van der Waals surface area contributed by atoms with Gasteiger partial charge in [0.2, 0.25) is 0 Å². The Morgan fingerprint density at radius 2 is 1.74 bits per heavy atom. The molecule has 1 atom stereocenters. The van der Waals surface area contributed by atoms with Crippen molar-refractivity contribution >= 4 is 5.97 Å². The fourth-order valence-corrected chi connectivity index (χ4v) is 2.27. The number of carbonyl (C=O) groups excluding carboxylic acids is 1. The van der Waals surface area contributed by atoms with Gasteiger partial charge in [-0.3, -0.25) is 0 Å². The molecule has 1 aromatic heterocycles. The molecule has 1 unspecified atom stereocenters. The maximum absolute atomic E-state index is 12.1. The summed E-state index contributed by atoms with van der Waals surface area (Å²) in [5.41, 5.74) is 1.25. The average molecular weight is 317 g/mol. The van der Waals surface area contributed by atoms with E-state index in [1.54, 1.807) is 12.1 Å². The van der Waals surface area contributed by atoms with Gasteiger partial charge in [0.15, 0.2) is 0 Å². The highest BCUT2D eigenvalue weighted by Crippen LogP contribution is 2.34. The second-order valence-corrected chi connectivity index (χ2v) is 4.91. The van der Waals surface area contributed by atoms with Crippen LogP contribution in [0.5, 0.6) is 23.8 Å². The number of rotatable bonds is 4. The smallest absolute Gasteiger partial charge is 0.342 e. The summed E-state index contributed by atoms with van der Waals surface area (Å²) < 4.78 is 20.8. The van der Waals surface area contributed by atoms with Crippen molar-refractivity contribution in [3.05, 3.63) is 29.3 Å². The average Bonchev–Trinajstić information content (AvgIpc) is 2.58. The normalized spacial score (nSPS) is 16.3. The maximum atomic E-state index is 12.1. The molecule has 0 aliphatic carbocycles. The van der Waals surface area contributed by atoms with Crippen LogP contribution < -0.4 is 14.2 Å². The predicted molar refractivity (Wildman–Crippen MR) is 78.1 cm³/mol. The number of fused-ring (bicyclic) bond motifs is 1. The van der Waals surface area contributed by atoms with E-state index in [1.807, 2.05) is 13.0 Å². The summed E-state index contributed by atoms with van der Waals surface area (Å²) in [6.07, 6.45) is 0. The Morgan fingerprint density at radius 3 is 2.39 bits per heavy atom. The van der Waals surface area contributed by atoms with Crippen molar-refractivity contribution in [3.63, 3.8) is 0 Å². The number of aromatic nitrogens is 3. The number of carbonyl (C=O) groups is 1. The standard InChI is InChI=1S/C15H15N3O5/c1-8-7-22-12(19)11-9(8)5-4-6-10(11)23-15-17-13(20-2)16-14(18-15)21-3/h4-6,8H,7H2,1-3H3. The molecule has 23 heavy (non-hydrogen) atoms. The van der Waals surface area contributed by atoms with Crippen molar-refractivity contribution < 1.29 is 23.7 Å². The van der Waals surface area contributed by atoms with E-state index in [2.05, 4.69) is 15.0 Å². The van der Waals surface area contributed by atoms with Gasteiger partial charge in [-0.25, -0.2) is 4.79 Å². The first-order valence-corrected chi connectivity index (χ1v) is 6.94. The largest absolute Gasteiger partial charge is 0.467 e. The van der Waals surface area contributed by atoms with Crippen molar-refractivity contribution in [2.75, 3.05) is 20.8 Å². The van der Waals surface area contributed by atoms with Crippen LogP contribution >= 0.6 is 0 Å². The van der Waals surface area contributed by atoms with E-state index in [0.717, 1.165) is 5.56 Å². The van der Waals surface area contributed by atoms with E-state index < -0.39 is 5.97 Å². The third-order valence-electron chi connectivity index (χ3n) is 3.40. The molecule has 120 valence electrons. The SMILES string of the molecule is COc1nc(OC)nc(Oc2cccc3c2C(=O)OCC3C)n1. The molecule has 1 aliphatic heterocycles. The molecule has 0 amide bonds. The molecular weight excluding hydrogens is 302 g/mol. The molecule has 8 nitrogen and oxygen atoms in total. The first-order valence-electron chi connectivity index (χ1n) is 6.94. The zero-order valence-corrected chi connectivity index (χ0v) is 12.9. The van der Waals surface area contributed by atoms with Gasteiger partial charge in [0, 0.05) is 5.92 Å². The molecule has 0 fully saturated rings. The number of hydrogen-bond acceptors (Lipinski definition) is 8. The molecular formula is C15H15N3O5. The van der Waals surface area contributed by atoms with Crippen LogP contribution in [0.15, 0.2) is 18.2 Å². The zero-order valence-electron chi connectivity index (χ0n) is 12.9. The fourth-order valence-electron chi connectivity index (χ4n) is 2.27. The summed E-state index contributed by atoms with van der Waals surface area (Å²) in [4.78, 5) is 24.0. The van der Waals surface area contributed by atoms with Crippen LogP contribution in [0.1, 0.15) is 28.8 Å². The number of cyclic esters (lactones) is 1. The number of benzene rings is 1. The third-order valence-corrected chi connectivity index (χ3v) is 3.40. The molecule has 2 heterocycles. The molecule has 3 rings (SSSR count). The molecule has 0 radical (unpaired) electrons. The Morgan fingerprint density at radius 1 is 1.09 bits per heavy atom. The molecule has 1 aromatic carbocycles. The molecule has 0 saturated heterocycles. The van der Waals surface area contributed by atoms with Crippen molar-refractivity contribution in [1.29, 1.82) is 0 Å². The highest BCUT2D eigenvalue weighted by Gasteiger charge is 2.28. The molecule has 0 bridgehead atoms. The minimum Gasteiger partial charge on any atom is -0.467 e. The topological polar surface area (TPSA) is 92.7 Å². The first-order chi connectivity index (χ1) is 11.1. The Balaban J connectivity index is 2.01. The fraction of sp³-hybridized carbons (Fsp3) is 0.333. The number of esters is 1. The van der Waals surface area contributed by atoms with Gasteiger partial charge >= 0.3 is 24.0 Å². The van der Waals surface area contributed by atoms with Crippen LogP contribution in [-0.4, -0.2) is 41.7 Å². The summed E-state index contributed by atoms with van der Waals surface area (Å²) in [7, 11) is 2.84. The van der Waals surface area contributed by atoms with Gasteiger partial charge in [0.25, 0.3) is 0 Å². The van der Waals surface area contributed by atoms with Gasteiger partial charge in [-0.2, -0.15) is 0 Å². The second kappa shape index (κ2) is 6.07. The highest BCUT2D eigenvalue weighted by molar-refractivity contribution is 5.95. The monoisotopic (exact) mass is 317 g/mol. The lowest BCUT2D eigenvalue weighted by molar-refractivity contribution is 0.0445. The molecule has 1 aliphatic rings. The third kappa shape index (κ3) is 2.87. The van der Waals surface area contributed by atoms with Gasteiger partial charge in [-0.15, -0.1) is 15.0 Å². The Labute approximate surface area is 132 Å². The minimum absolute atomic E-state index is 0.0341. The van der Waals surface area contributed by atoms with Crippen LogP contribution in [0.2, 0.25) is 0 Å². The summed E-state index contributed by atoms with van der Waals surface area (Å²) in [6, 6.07) is 5.40. The van der Waals surface area contributed by atoms with Gasteiger partial charge in [0.1, 0.15) is 11.3 Å². The van der Waals surface area contributed by atoms with Crippen molar-refractivity contribution in [1.82, 2.24) is 15.0 Å². The van der Waals surface area contributed by atoms with E-state index in [0.29, 0.717) is 17.9 Å². The van der Waals surface area contributed by atoms with E-state index in [9.17, 15) is 4.79 Å². The Hall–Kier alpha value is -2.90. The van der Waals surface area contributed by atoms with Crippen molar-refractivity contribution in [2.24, 2.45) is 0 Å². The van der Waals surface area contributed by atoms with Crippen LogP contribution in [-0.2, 0) is 4.74 Å². The van der Waals surface area contributed by atoms with Gasteiger partial charge < -0.3 is 18.9 Å². The lowest BCUT2D eigenvalue weighted by Gasteiger charge is -2.23. The molecule has 2 aromatic rings. The van der Waals surface area contributed by atoms with Gasteiger partial charge in [-0.1, -0.05) is 19.1 Å². The van der Waals surface area contributed by atoms with E-state index in [4.69, 9.17) is 18.9 Å². The summed E-state index contributed by atoms with van der Waals surface area (Å²) >= 11 is 0. The number of hydrogen-bond donors (Lipinski definition) is 0. The number of ether oxygens (including phenoxy) is 4. The zero-order chi connectivity index (χ0) is 16.4. The van der Waals surface area contributed by atoms with Crippen LogP contribution in [0.3, 0.4) is 0 Å². The quantitative estimate of drug-likeness (QED) is 0.790. The van der Waals surface area contributed by atoms with Crippen molar-refractivity contribution in [3.8, 4) is 23.8 Å². The minimum atomic E-state index is -0.429. The molecule has 0 saturated carbocycles. The lowest BCUT2D eigenvalue weighted by atomic mass is 9.93. The Kier molecular flexibility index (Phi) is 3.96. The van der Waals surface area contributed by atoms with E-state index in [1.165, 1.54) is 14.2 Å². The summed E-state index contributed by atoms with van der Waals surface area (Å²) in [5, 5.41) is 0. The van der Waals surface area contributed by atoms with Gasteiger partial charge in [0.05, 0.1) is 20.8 Å². The van der Waals surface area contributed by atoms with E-state index in [-0.39, 0.29) is 23.9 Å². The summed E-state index contributed by atoms with van der Waals surface area (Å²) in [5.74, 6) is -0.0234. The molecule has 0 spiro atoms.